The Morgan fingerprint density at radius 2 is 2.00 bits per heavy atom. The van der Waals surface area contributed by atoms with Crippen LogP contribution in [0, 0.1) is 10.1 Å². The molecular weight excluding hydrogens is 366 g/mol. The van der Waals surface area contributed by atoms with Gasteiger partial charge in [0.25, 0.3) is 11.6 Å². The van der Waals surface area contributed by atoms with Crippen molar-refractivity contribution in [3.05, 3.63) is 70.2 Å². The highest BCUT2D eigenvalue weighted by Gasteiger charge is 2.26. The summed E-state index contributed by atoms with van der Waals surface area (Å²) in [4.78, 5) is 27.6. The molecule has 1 aliphatic heterocycles. The minimum Gasteiger partial charge on any atom is -0.486 e. The van der Waals surface area contributed by atoms with E-state index in [1.807, 2.05) is 0 Å². The molecule has 4 rings (SSSR count). The largest absolute Gasteiger partial charge is 0.486 e. The highest BCUT2D eigenvalue weighted by Crippen LogP contribution is 2.36. The monoisotopic (exact) mass is 381 g/mol. The summed E-state index contributed by atoms with van der Waals surface area (Å²) in [5, 5.41) is 18.2. The first kappa shape index (κ1) is 17.5. The number of ether oxygens (including phenoxy) is 2. The lowest BCUT2D eigenvalue weighted by Gasteiger charge is -2.18. The summed E-state index contributed by atoms with van der Waals surface area (Å²) in [6, 6.07) is 7.84. The molecule has 0 unspecified atom stereocenters. The molecule has 0 atom stereocenters. The Morgan fingerprint density at radius 3 is 2.71 bits per heavy atom. The van der Waals surface area contributed by atoms with Crippen molar-refractivity contribution >= 4 is 11.6 Å². The van der Waals surface area contributed by atoms with Crippen LogP contribution in [0.15, 0.2) is 48.9 Å². The van der Waals surface area contributed by atoms with Gasteiger partial charge in [-0.15, -0.1) is 0 Å². The summed E-state index contributed by atoms with van der Waals surface area (Å²) < 4.78 is 12.4. The number of carbonyl (C=O) groups excluding carboxylic acids is 1. The fourth-order valence-corrected chi connectivity index (χ4v) is 2.79. The van der Waals surface area contributed by atoms with Crippen LogP contribution in [0.4, 0.5) is 5.69 Å². The van der Waals surface area contributed by atoms with E-state index < -0.39 is 10.8 Å². The van der Waals surface area contributed by atoms with Gasteiger partial charge in [-0.3, -0.25) is 14.9 Å². The number of amides is 1. The summed E-state index contributed by atoms with van der Waals surface area (Å²) in [5.41, 5.74) is 0.346. The quantitative estimate of drug-likeness (QED) is 0.529. The number of aromatic nitrogens is 3. The van der Waals surface area contributed by atoms with Gasteiger partial charge in [-0.25, -0.2) is 9.67 Å². The number of nitrogens with one attached hydrogen (secondary N) is 1. The van der Waals surface area contributed by atoms with Gasteiger partial charge >= 0.3 is 0 Å². The van der Waals surface area contributed by atoms with E-state index in [0.717, 1.165) is 5.56 Å². The van der Waals surface area contributed by atoms with Crippen LogP contribution in [0.1, 0.15) is 15.9 Å². The molecule has 0 spiro atoms. The molecule has 10 nitrogen and oxygen atoms in total. The molecule has 28 heavy (non-hydrogen) atoms. The van der Waals surface area contributed by atoms with Crippen molar-refractivity contribution in [2.24, 2.45) is 0 Å². The molecule has 1 aromatic carbocycles. The van der Waals surface area contributed by atoms with Gasteiger partial charge in [0.1, 0.15) is 18.8 Å². The molecule has 0 saturated heterocycles. The van der Waals surface area contributed by atoms with Gasteiger partial charge in [0.05, 0.1) is 11.0 Å². The Kier molecular flexibility index (Phi) is 4.58. The molecule has 2 aromatic heterocycles. The number of nitrogens with zero attached hydrogens (tertiary/aromatic N) is 4. The molecule has 142 valence electrons. The van der Waals surface area contributed by atoms with Crippen molar-refractivity contribution in [3.63, 3.8) is 0 Å². The fraction of sp³-hybridized carbons (Fsp3) is 0.167. The van der Waals surface area contributed by atoms with Gasteiger partial charge in [0.15, 0.2) is 17.3 Å². The highest BCUT2D eigenvalue weighted by molar-refractivity contribution is 5.99. The third-order valence-corrected chi connectivity index (χ3v) is 4.10. The van der Waals surface area contributed by atoms with Crippen LogP contribution in [0.2, 0.25) is 0 Å². The number of fused-ring (bicyclic) bond motifs is 1. The lowest BCUT2D eigenvalue weighted by Crippen LogP contribution is -2.24. The maximum atomic E-state index is 12.6. The minimum atomic E-state index is -0.616. The molecule has 0 fully saturated rings. The van der Waals surface area contributed by atoms with E-state index in [4.69, 9.17) is 9.47 Å². The van der Waals surface area contributed by atoms with Gasteiger partial charge in [0.2, 0.25) is 0 Å². The van der Waals surface area contributed by atoms with Gasteiger partial charge in [0, 0.05) is 31.2 Å². The number of hydrogen-bond acceptors (Lipinski definition) is 7. The molecule has 3 aromatic rings. The summed E-state index contributed by atoms with van der Waals surface area (Å²) in [6.07, 6.45) is 4.99. The molecule has 10 heteroatoms. The summed E-state index contributed by atoms with van der Waals surface area (Å²) >= 11 is 0. The van der Waals surface area contributed by atoms with E-state index in [1.165, 1.54) is 12.1 Å². The molecule has 0 saturated carbocycles. The van der Waals surface area contributed by atoms with E-state index in [9.17, 15) is 14.9 Å². The van der Waals surface area contributed by atoms with Gasteiger partial charge in [-0.2, -0.15) is 5.10 Å². The molecular formula is C18H15N5O5. The van der Waals surface area contributed by atoms with E-state index >= 15 is 0 Å². The third kappa shape index (κ3) is 3.47. The SMILES string of the molecule is O=C(NCc1ccnc(-n2cccn2)c1)c1cc2c(cc1[N+](=O)[O-])OCCO2. The normalized spacial score (nSPS) is 12.4. The number of carbonyl (C=O) groups is 1. The van der Waals surface area contributed by atoms with Crippen LogP contribution in [0.3, 0.4) is 0 Å². The molecule has 1 amide bonds. The van der Waals surface area contributed by atoms with Crippen molar-refractivity contribution in [1.29, 1.82) is 0 Å². The van der Waals surface area contributed by atoms with Gasteiger partial charge in [-0.1, -0.05) is 0 Å². The molecule has 1 N–H and O–H groups in total. The standard InChI is InChI=1S/C18H15N5O5/c24-18(13-9-15-16(28-7-6-27-15)10-14(13)23(25)26)20-11-12-2-4-19-17(8-12)22-5-1-3-21-22/h1-5,8-10H,6-7,11H2,(H,20,24). The smallest absolute Gasteiger partial charge is 0.286 e. The number of pyridine rings is 1. The first-order chi connectivity index (χ1) is 13.6. The van der Waals surface area contributed by atoms with Crippen molar-refractivity contribution in [3.8, 4) is 17.3 Å². The minimum absolute atomic E-state index is 0.0874. The maximum absolute atomic E-state index is 12.6. The van der Waals surface area contributed by atoms with Crippen molar-refractivity contribution < 1.29 is 19.2 Å². The Bertz CT molecular complexity index is 1030. The second-order valence-corrected chi connectivity index (χ2v) is 5.93. The van der Waals surface area contributed by atoms with Crippen LogP contribution in [-0.2, 0) is 6.54 Å². The lowest BCUT2D eigenvalue weighted by atomic mass is 10.1. The number of nitro groups is 1. The van der Waals surface area contributed by atoms with E-state index in [-0.39, 0.29) is 23.5 Å². The maximum Gasteiger partial charge on any atom is 0.286 e. The van der Waals surface area contributed by atoms with Crippen LogP contribution < -0.4 is 14.8 Å². The zero-order chi connectivity index (χ0) is 19.5. The third-order valence-electron chi connectivity index (χ3n) is 4.10. The van der Waals surface area contributed by atoms with E-state index in [1.54, 1.807) is 41.5 Å². The Morgan fingerprint density at radius 1 is 1.21 bits per heavy atom. The average molecular weight is 381 g/mol. The lowest BCUT2D eigenvalue weighted by molar-refractivity contribution is -0.385. The first-order valence-corrected chi connectivity index (χ1v) is 8.43. The Labute approximate surface area is 158 Å². The second-order valence-electron chi connectivity index (χ2n) is 5.93. The number of hydrogen-bond donors (Lipinski definition) is 1. The second kappa shape index (κ2) is 7.35. The molecule has 0 aliphatic carbocycles. The Hall–Kier alpha value is -3.95. The predicted octanol–water partition coefficient (Wildman–Crippen LogP) is 1.88. The van der Waals surface area contributed by atoms with Crippen LogP contribution in [0.5, 0.6) is 11.5 Å². The molecule has 0 radical (unpaired) electrons. The zero-order valence-corrected chi connectivity index (χ0v) is 14.6. The molecule has 0 bridgehead atoms. The molecule has 1 aliphatic rings. The zero-order valence-electron chi connectivity index (χ0n) is 14.6. The average Bonchev–Trinajstić information content (AvgIpc) is 3.26. The topological polar surface area (TPSA) is 121 Å². The van der Waals surface area contributed by atoms with Gasteiger partial charge in [-0.05, 0) is 23.8 Å². The van der Waals surface area contributed by atoms with Crippen molar-refractivity contribution in [2.45, 2.75) is 6.54 Å². The number of rotatable bonds is 5. The van der Waals surface area contributed by atoms with Crippen molar-refractivity contribution in [2.75, 3.05) is 13.2 Å². The van der Waals surface area contributed by atoms with Crippen molar-refractivity contribution in [1.82, 2.24) is 20.1 Å². The molecule has 3 heterocycles. The van der Waals surface area contributed by atoms with Crippen LogP contribution in [0.25, 0.3) is 5.82 Å². The van der Waals surface area contributed by atoms with E-state index in [0.29, 0.717) is 24.8 Å². The highest BCUT2D eigenvalue weighted by atomic mass is 16.6. The number of benzene rings is 1. The first-order valence-electron chi connectivity index (χ1n) is 8.43. The Balaban J connectivity index is 1.54. The van der Waals surface area contributed by atoms with Gasteiger partial charge < -0.3 is 14.8 Å². The summed E-state index contributed by atoms with van der Waals surface area (Å²) in [7, 11) is 0. The van der Waals surface area contributed by atoms with Crippen LogP contribution in [-0.4, -0.2) is 38.8 Å². The van der Waals surface area contributed by atoms with Crippen LogP contribution >= 0.6 is 0 Å². The summed E-state index contributed by atoms with van der Waals surface area (Å²) in [6.45, 7) is 0.788. The van der Waals surface area contributed by atoms with E-state index in [2.05, 4.69) is 15.4 Å². The predicted molar refractivity (Wildman–Crippen MR) is 96.6 cm³/mol. The summed E-state index contributed by atoms with van der Waals surface area (Å²) in [5.74, 6) is 0.586. The number of nitro benzene ring substituents is 1. The fourth-order valence-electron chi connectivity index (χ4n) is 2.79.